The van der Waals surface area contributed by atoms with E-state index in [0.717, 1.165) is 10.9 Å². The maximum Gasteiger partial charge on any atom is 0.387 e. The molecule has 0 aliphatic heterocycles. The molecule has 2 rings (SSSR count). The van der Waals surface area contributed by atoms with Crippen LogP contribution in [0, 0.1) is 5.92 Å². The maximum absolute atomic E-state index is 12.4. The van der Waals surface area contributed by atoms with Gasteiger partial charge in [-0.25, -0.2) is 0 Å². The fraction of sp³-hybridized carbons (Fsp3) is 0.500. The van der Waals surface area contributed by atoms with E-state index in [1.54, 1.807) is 19.2 Å². The zero-order valence-corrected chi connectivity index (χ0v) is 13.5. The summed E-state index contributed by atoms with van der Waals surface area (Å²) in [6, 6.07) is 5.38. The van der Waals surface area contributed by atoms with Crippen LogP contribution in [-0.2, 0) is 6.54 Å². The Labute approximate surface area is 131 Å². The second kappa shape index (κ2) is 7.06. The number of alkyl halides is 2. The maximum atomic E-state index is 12.4. The second-order valence-corrected chi connectivity index (χ2v) is 5.94. The van der Waals surface area contributed by atoms with Crippen LogP contribution in [0.3, 0.4) is 0 Å². The van der Waals surface area contributed by atoms with Gasteiger partial charge in [0.15, 0.2) is 5.96 Å². The van der Waals surface area contributed by atoms with E-state index in [9.17, 15) is 8.78 Å². The van der Waals surface area contributed by atoms with Crippen LogP contribution in [0.2, 0.25) is 0 Å². The Balaban J connectivity index is 1.98. The van der Waals surface area contributed by atoms with Gasteiger partial charge in [-0.1, -0.05) is 22.9 Å². The van der Waals surface area contributed by atoms with E-state index in [2.05, 4.69) is 43.2 Å². The van der Waals surface area contributed by atoms with Crippen molar-refractivity contribution in [1.82, 2.24) is 10.6 Å². The van der Waals surface area contributed by atoms with Crippen LogP contribution in [0.25, 0.3) is 0 Å². The quantitative estimate of drug-likeness (QED) is 0.625. The number of guanidine groups is 1. The topological polar surface area (TPSA) is 45.7 Å². The molecule has 4 nitrogen and oxygen atoms in total. The summed E-state index contributed by atoms with van der Waals surface area (Å²) in [6.07, 6.45) is 1.12. The van der Waals surface area contributed by atoms with Crippen LogP contribution < -0.4 is 15.4 Å². The molecule has 7 heteroatoms. The molecule has 1 aromatic rings. The number of halogens is 3. The largest absolute Gasteiger partial charge is 0.434 e. The van der Waals surface area contributed by atoms with Gasteiger partial charge in [0.25, 0.3) is 0 Å². The molecule has 1 fully saturated rings. The van der Waals surface area contributed by atoms with Gasteiger partial charge < -0.3 is 15.4 Å². The van der Waals surface area contributed by atoms with Gasteiger partial charge in [-0.2, -0.15) is 8.78 Å². The lowest BCUT2D eigenvalue weighted by molar-refractivity contribution is -0.0504. The summed E-state index contributed by atoms with van der Waals surface area (Å²) in [6.45, 7) is -0.328. The first-order valence-corrected chi connectivity index (χ1v) is 7.49. The van der Waals surface area contributed by atoms with E-state index >= 15 is 0 Å². The zero-order valence-electron chi connectivity index (χ0n) is 11.9. The third-order valence-corrected chi connectivity index (χ3v) is 3.83. The first-order valence-electron chi connectivity index (χ1n) is 6.70. The van der Waals surface area contributed by atoms with Gasteiger partial charge in [-0.05, 0) is 30.5 Å². The molecule has 0 radical (unpaired) electrons. The molecule has 0 aromatic heterocycles. The molecular weight excluding hydrogens is 344 g/mol. The lowest BCUT2D eigenvalue weighted by atomic mass is 10.2. The van der Waals surface area contributed by atoms with Crippen LogP contribution in [0.1, 0.15) is 18.9 Å². The van der Waals surface area contributed by atoms with Crippen LogP contribution in [0.4, 0.5) is 8.78 Å². The van der Waals surface area contributed by atoms with Crippen LogP contribution in [-0.4, -0.2) is 25.7 Å². The van der Waals surface area contributed by atoms with Gasteiger partial charge in [0.2, 0.25) is 0 Å². The third kappa shape index (κ3) is 4.84. The minimum atomic E-state index is -2.84. The van der Waals surface area contributed by atoms with Crippen molar-refractivity contribution in [1.29, 1.82) is 0 Å². The summed E-state index contributed by atoms with van der Waals surface area (Å²) in [4.78, 5) is 4.12. The van der Waals surface area contributed by atoms with E-state index in [1.165, 1.54) is 6.07 Å². The molecule has 1 aromatic carbocycles. The number of benzene rings is 1. The average Bonchev–Trinajstić information content (AvgIpc) is 3.12. The first kappa shape index (κ1) is 16.0. The number of nitrogens with zero attached hydrogens (tertiary/aromatic N) is 1. The summed E-state index contributed by atoms with van der Waals surface area (Å²) in [7, 11) is 1.68. The fourth-order valence-corrected chi connectivity index (χ4v) is 2.38. The Morgan fingerprint density at radius 1 is 1.52 bits per heavy atom. The van der Waals surface area contributed by atoms with Crippen molar-refractivity contribution in [2.75, 3.05) is 7.05 Å². The zero-order chi connectivity index (χ0) is 15.4. The highest BCUT2D eigenvalue weighted by Gasteiger charge is 2.33. The minimum Gasteiger partial charge on any atom is -0.434 e. The standard InChI is InChI=1S/C14H18BrF2N3O/c1-8-5-11(8)20-14(18-2)19-7-9-6-10(15)3-4-12(9)21-13(16)17/h3-4,6,8,11,13H,5,7H2,1-2H3,(H2,18,19,20). The highest BCUT2D eigenvalue weighted by molar-refractivity contribution is 9.10. The molecule has 0 bridgehead atoms. The Morgan fingerprint density at radius 3 is 2.81 bits per heavy atom. The van der Waals surface area contributed by atoms with E-state index in [1.807, 2.05) is 0 Å². The molecule has 0 amide bonds. The molecule has 21 heavy (non-hydrogen) atoms. The number of aliphatic imine (C=N–C) groups is 1. The fourth-order valence-electron chi connectivity index (χ4n) is 1.97. The summed E-state index contributed by atoms with van der Waals surface area (Å²) in [5, 5.41) is 6.39. The summed E-state index contributed by atoms with van der Waals surface area (Å²) >= 11 is 3.33. The van der Waals surface area contributed by atoms with E-state index < -0.39 is 6.61 Å². The Hall–Kier alpha value is -1.37. The summed E-state index contributed by atoms with van der Waals surface area (Å²) < 4.78 is 30.1. The smallest absolute Gasteiger partial charge is 0.387 e. The number of hydrogen-bond donors (Lipinski definition) is 2. The van der Waals surface area contributed by atoms with Gasteiger partial charge >= 0.3 is 6.61 Å². The summed E-state index contributed by atoms with van der Waals surface area (Å²) in [5.74, 6) is 1.47. The van der Waals surface area contributed by atoms with Crippen molar-refractivity contribution < 1.29 is 13.5 Å². The lowest BCUT2D eigenvalue weighted by Crippen LogP contribution is -2.38. The second-order valence-electron chi connectivity index (χ2n) is 5.02. The number of rotatable bonds is 5. The van der Waals surface area contributed by atoms with Crippen molar-refractivity contribution in [2.45, 2.75) is 32.5 Å². The molecule has 0 saturated heterocycles. The van der Waals surface area contributed by atoms with E-state index in [4.69, 9.17) is 0 Å². The predicted molar refractivity (Wildman–Crippen MR) is 81.7 cm³/mol. The van der Waals surface area contributed by atoms with Gasteiger partial charge in [0, 0.05) is 29.7 Å². The Kier molecular flexibility index (Phi) is 5.39. The molecule has 1 aliphatic rings. The number of nitrogens with one attached hydrogen (secondary N) is 2. The van der Waals surface area contributed by atoms with E-state index in [0.29, 0.717) is 30.0 Å². The molecule has 1 aliphatic carbocycles. The minimum absolute atomic E-state index is 0.163. The predicted octanol–water partition coefficient (Wildman–Crippen LogP) is 3.12. The SMILES string of the molecule is CN=C(NCc1cc(Br)ccc1OC(F)F)NC1CC1C. The highest BCUT2D eigenvalue weighted by atomic mass is 79.9. The molecule has 2 atom stereocenters. The van der Waals surface area contributed by atoms with Crippen molar-refractivity contribution in [3.05, 3.63) is 28.2 Å². The molecule has 1 saturated carbocycles. The number of ether oxygens (including phenoxy) is 1. The molecular formula is C14H18BrF2N3O. The molecule has 0 heterocycles. The summed E-state index contributed by atoms with van der Waals surface area (Å²) in [5.41, 5.74) is 0.636. The van der Waals surface area contributed by atoms with Gasteiger partial charge in [0.1, 0.15) is 5.75 Å². The van der Waals surface area contributed by atoms with Crippen LogP contribution in [0.15, 0.2) is 27.7 Å². The van der Waals surface area contributed by atoms with Crippen molar-refractivity contribution >= 4 is 21.9 Å². The number of hydrogen-bond acceptors (Lipinski definition) is 2. The Bertz CT molecular complexity index is 525. The Morgan fingerprint density at radius 2 is 2.24 bits per heavy atom. The van der Waals surface area contributed by atoms with Gasteiger partial charge in [-0.15, -0.1) is 0 Å². The molecule has 2 N–H and O–H groups in total. The highest BCUT2D eigenvalue weighted by Crippen LogP contribution is 2.29. The molecule has 2 unspecified atom stereocenters. The van der Waals surface area contributed by atoms with Crippen molar-refractivity contribution in [2.24, 2.45) is 10.9 Å². The normalized spacial score (nSPS) is 21.3. The molecule has 116 valence electrons. The van der Waals surface area contributed by atoms with Crippen molar-refractivity contribution in [3.63, 3.8) is 0 Å². The van der Waals surface area contributed by atoms with Crippen LogP contribution in [0.5, 0.6) is 5.75 Å². The third-order valence-electron chi connectivity index (χ3n) is 3.34. The van der Waals surface area contributed by atoms with Gasteiger partial charge in [0.05, 0.1) is 0 Å². The van der Waals surface area contributed by atoms with Crippen molar-refractivity contribution in [3.8, 4) is 5.75 Å². The lowest BCUT2D eigenvalue weighted by Gasteiger charge is -2.14. The first-order chi connectivity index (χ1) is 9.99. The van der Waals surface area contributed by atoms with Crippen LogP contribution >= 0.6 is 15.9 Å². The molecule has 0 spiro atoms. The monoisotopic (exact) mass is 361 g/mol. The van der Waals surface area contributed by atoms with E-state index in [-0.39, 0.29) is 5.75 Å². The average molecular weight is 362 g/mol. The van der Waals surface area contributed by atoms with Gasteiger partial charge in [-0.3, -0.25) is 4.99 Å².